The Kier molecular flexibility index (Phi) is 8.01. The number of aryl methyl sites for hydroxylation is 1. The molecule has 0 aliphatic carbocycles. The van der Waals surface area contributed by atoms with E-state index in [0.717, 1.165) is 16.9 Å². The Morgan fingerprint density at radius 1 is 1.10 bits per heavy atom. The Labute approximate surface area is 186 Å². The number of carbonyl (C=O) groups excluding carboxylic acids is 2. The van der Waals surface area contributed by atoms with E-state index in [1.54, 1.807) is 36.5 Å². The van der Waals surface area contributed by atoms with Gasteiger partial charge in [0.1, 0.15) is 5.75 Å². The number of benzene rings is 2. The number of hydrogen-bond donors (Lipinski definition) is 2. The molecule has 0 saturated heterocycles. The molecule has 3 aromatic rings. The van der Waals surface area contributed by atoms with Crippen molar-refractivity contribution in [1.82, 2.24) is 10.3 Å². The average molecular weight is 438 g/mol. The predicted molar refractivity (Wildman–Crippen MR) is 121 cm³/mol. The molecule has 2 N–H and O–H groups in total. The minimum absolute atomic E-state index is 0.0372. The van der Waals surface area contributed by atoms with Crippen molar-refractivity contribution in [3.05, 3.63) is 88.7 Å². The molecule has 0 saturated carbocycles. The van der Waals surface area contributed by atoms with E-state index in [9.17, 15) is 9.59 Å². The van der Waals surface area contributed by atoms with Crippen molar-refractivity contribution in [3.8, 4) is 5.75 Å². The molecule has 3 rings (SSSR count). The third-order valence-corrected chi connectivity index (χ3v) is 5.00. The number of anilines is 1. The fourth-order valence-electron chi connectivity index (χ4n) is 2.83. The Morgan fingerprint density at radius 3 is 2.61 bits per heavy atom. The molecular formula is C24H24ClN3O3. The number of nitrogens with zero attached hydrogens (tertiary/aromatic N) is 1. The molecule has 31 heavy (non-hydrogen) atoms. The van der Waals surface area contributed by atoms with Gasteiger partial charge in [-0.05, 0) is 66.9 Å². The lowest BCUT2D eigenvalue weighted by atomic mass is 10.2. The predicted octanol–water partition coefficient (Wildman–Crippen LogP) is 4.77. The summed E-state index contributed by atoms with van der Waals surface area (Å²) in [4.78, 5) is 28.1. The molecule has 0 spiro atoms. The summed E-state index contributed by atoms with van der Waals surface area (Å²) in [5.74, 6) is 0.494. The van der Waals surface area contributed by atoms with Crippen molar-refractivity contribution in [3.63, 3.8) is 0 Å². The molecular weight excluding hydrogens is 414 g/mol. The summed E-state index contributed by atoms with van der Waals surface area (Å²) < 4.78 is 5.65. The molecule has 0 atom stereocenters. The van der Waals surface area contributed by atoms with Crippen molar-refractivity contribution < 1.29 is 14.3 Å². The molecule has 0 aliphatic heterocycles. The number of halogens is 1. The lowest BCUT2D eigenvalue weighted by Gasteiger charge is -2.09. The summed E-state index contributed by atoms with van der Waals surface area (Å²) >= 11 is 6.00. The van der Waals surface area contributed by atoms with E-state index in [4.69, 9.17) is 16.3 Å². The number of rotatable bonds is 9. The lowest BCUT2D eigenvalue weighted by molar-refractivity contribution is -0.121. The summed E-state index contributed by atoms with van der Waals surface area (Å²) in [6.45, 7) is 2.80. The molecule has 1 aromatic heterocycles. The van der Waals surface area contributed by atoms with E-state index in [-0.39, 0.29) is 11.8 Å². The summed E-state index contributed by atoms with van der Waals surface area (Å²) in [7, 11) is 0. The van der Waals surface area contributed by atoms with E-state index in [1.807, 2.05) is 31.2 Å². The molecule has 0 radical (unpaired) electrons. The van der Waals surface area contributed by atoms with Crippen LogP contribution in [-0.4, -0.2) is 23.4 Å². The van der Waals surface area contributed by atoms with Gasteiger partial charge in [0.15, 0.2) is 0 Å². The Morgan fingerprint density at radius 2 is 1.90 bits per heavy atom. The van der Waals surface area contributed by atoms with Gasteiger partial charge >= 0.3 is 0 Å². The van der Waals surface area contributed by atoms with Crippen LogP contribution in [0.4, 0.5) is 5.69 Å². The fourth-order valence-corrected chi connectivity index (χ4v) is 2.94. The van der Waals surface area contributed by atoms with E-state index in [0.29, 0.717) is 42.3 Å². The van der Waals surface area contributed by atoms with Crippen LogP contribution >= 0.6 is 11.6 Å². The lowest BCUT2D eigenvalue weighted by Crippen LogP contribution is -2.23. The van der Waals surface area contributed by atoms with Gasteiger partial charge in [-0.1, -0.05) is 23.7 Å². The van der Waals surface area contributed by atoms with Crippen LogP contribution in [0.1, 0.15) is 34.3 Å². The summed E-state index contributed by atoms with van der Waals surface area (Å²) in [6.07, 6.45) is 4.13. The maximum atomic E-state index is 12.1. The second-order valence-corrected chi connectivity index (χ2v) is 7.44. The van der Waals surface area contributed by atoms with Gasteiger partial charge in [-0.25, -0.2) is 0 Å². The van der Waals surface area contributed by atoms with Gasteiger partial charge in [0, 0.05) is 36.1 Å². The average Bonchev–Trinajstić information content (AvgIpc) is 2.79. The van der Waals surface area contributed by atoms with Gasteiger partial charge < -0.3 is 15.4 Å². The van der Waals surface area contributed by atoms with Crippen molar-refractivity contribution in [1.29, 1.82) is 0 Å². The van der Waals surface area contributed by atoms with Crippen LogP contribution in [0, 0.1) is 6.92 Å². The molecule has 160 valence electrons. The van der Waals surface area contributed by atoms with Crippen molar-refractivity contribution >= 4 is 29.1 Å². The maximum Gasteiger partial charge on any atom is 0.257 e. The molecule has 0 fully saturated rings. The SMILES string of the molecule is Cc1cc(OCCCC(=O)NCc2ccc(NC(=O)c3cccnc3)cc2)ccc1Cl. The number of pyridine rings is 1. The van der Waals surface area contributed by atoms with E-state index in [2.05, 4.69) is 15.6 Å². The van der Waals surface area contributed by atoms with Crippen LogP contribution in [-0.2, 0) is 11.3 Å². The van der Waals surface area contributed by atoms with Crippen molar-refractivity contribution in [2.24, 2.45) is 0 Å². The normalized spacial score (nSPS) is 10.4. The zero-order valence-electron chi connectivity index (χ0n) is 17.2. The molecule has 6 nitrogen and oxygen atoms in total. The molecule has 0 aliphatic rings. The van der Waals surface area contributed by atoms with Crippen LogP contribution in [0.3, 0.4) is 0 Å². The van der Waals surface area contributed by atoms with Crippen LogP contribution in [0.5, 0.6) is 5.75 Å². The monoisotopic (exact) mass is 437 g/mol. The van der Waals surface area contributed by atoms with E-state index < -0.39 is 0 Å². The maximum absolute atomic E-state index is 12.1. The molecule has 0 bridgehead atoms. The van der Waals surface area contributed by atoms with Crippen molar-refractivity contribution in [2.75, 3.05) is 11.9 Å². The molecule has 2 amide bonds. The van der Waals surface area contributed by atoms with Crippen LogP contribution in [0.2, 0.25) is 5.02 Å². The van der Waals surface area contributed by atoms with Gasteiger partial charge in [0.05, 0.1) is 12.2 Å². The molecule has 2 aromatic carbocycles. The zero-order chi connectivity index (χ0) is 22.1. The largest absolute Gasteiger partial charge is 0.494 e. The molecule has 7 heteroatoms. The molecule has 0 unspecified atom stereocenters. The standard InChI is InChI=1S/C24H24ClN3O3/c1-17-14-21(10-11-22(17)25)31-13-3-5-23(29)27-15-18-6-8-20(9-7-18)28-24(30)19-4-2-12-26-16-19/h2,4,6-12,14,16H,3,5,13,15H2,1H3,(H,27,29)(H,28,30). The second-order valence-electron chi connectivity index (χ2n) is 7.03. The van der Waals surface area contributed by atoms with Gasteiger partial charge in [-0.15, -0.1) is 0 Å². The van der Waals surface area contributed by atoms with Crippen LogP contribution in [0.25, 0.3) is 0 Å². The first kappa shape index (κ1) is 22.3. The quantitative estimate of drug-likeness (QED) is 0.472. The summed E-state index contributed by atoms with van der Waals surface area (Å²) in [5.41, 5.74) is 3.08. The summed E-state index contributed by atoms with van der Waals surface area (Å²) in [5, 5.41) is 6.41. The van der Waals surface area contributed by atoms with E-state index in [1.165, 1.54) is 6.20 Å². The first-order chi connectivity index (χ1) is 15.0. The Bertz CT molecular complexity index is 1020. The second kappa shape index (κ2) is 11.1. The van der Waals surface area contributed by atoms with Crippen LogP contribution in [0.15, 0.2) is 67.0 Å². The van der Waals surface area contributed by atoms with Crippen LogP contribution < -0.4 is 15.4 Å². The highest BCUT2D eigenvalue weighted by Crippen LogP contribution is 2.21. The van der Waals surface area contributed by atoms with E-state index >= 15 is 0 Å². The highest BCUT2D eigenvalue weighted by molar-refractivity contribution is 6.31. The topological polar surface area (TPSA) is 80.3 Å². The number of carbonyl (C=O) groups is 2. The number of amides is 2. The minimum atomic E-state index is -0.217. The van der Waals surface area contributed by atoms with Gasteiger partial charge in [-0.2, -0.15) is 0 Å². The smallest absolute Gasteiger partial charge is 0.257 e. The Balaban J connectivity index is 1.36. The van der Waals surface area contributed by atoms with Crippen molar-refractivity contribution in [2.45, 2.75) is 26.3 Å². The zero-order valence-corrected chi connectivity index (χ0v) is 18.0. The minimum Gasteiger partial charge on any atom is -0.494 e. The number of nitrogens with one attached hydrogen (secondary N) is 2. The number of aromatic nitrogens is 1. The van der Waals surface area contributed by atoms with Gasteiger partial charge in [0.2, 0.25) is 5.91 Å². The van der Waals surface area contributed by atoms with Gasteiger partial charge in [-0.3, -0.25) is 14.6 Å². The highest BCUT2D eigenvalue weighted by Gasteiger charge is 2.06. The third kappa shape index (κ3) is 7.12. The number of hydrogen-bond acceptors (Lipinski definition) is 4. The van der Waals surface area contributed by atoms with Gasteiger partial charge in [0.25, 0.3) is 5.91 Å². The first-order valence-electron chi connectivity index (χ1n) is 9.97. The molecule has 1 heterocycles. The first-order valence-corrected chi connectivity index (χ1v) is 10.3. The fraction of sp³-hybridized carbons (Fsp3) is 0.208. The number of ether oxygens (including phenoxy) is 1. The highest BCUT2D eigenvalue weighted by atomic mass is 35.5. The Hall–Kier alpha value is -3.38. The third-order valence-electron chi connectivity index (χ3n) is 4.57. The summed E-state index contributed by atoms with van der Waals surface area (Å²) in [6, 6.07) is 16.3.